The summed E-state index contributed by atoms with van der Waals surface area (Å²) in [5, 5.41) is 11.6. The van der Waals surface area contributed by atoms with E-state index in [0.29, 0.717) is 29.7 Å². The number of carbonyl (C=O) groups excluding carboxylic acids is 2. The number of esters is 2. The van der Waals surface area contributed by atoms with E-state index in [1.165, 1.54) is 0 Å². The average molecular weight is 565 g/mol. The van der Waals surface area contributed by atoms with Crippen molar-refractivity contribution in [2.24, 2.45) is 0 Å². The first-order chi connectivity index (χ1) is 20.3. The Morgan fingerprint density at radius 3 is 1.83 bits per heavy atom. The van der Waals surface area contributed by atoms with Crippen molar-refractivity contribution in [3.63, 3.8) is 0 Å². The van der Waals surface area contributed by atoms with Crippen LogP contribution in [0.1, 0.15) is 25.0 Å². The maximum atomic E-state index is 12.0. The van der Waals surface area contributed by atoms with E-state index in [1.807, 2.05) is 30.3 Å². The number of rotatable bonds is 13. The normalized spacial score (nSPS) is 10.7. The molecule has 4 aromatic rings. The standard InChI is InChI=1S/C36H36O6/c1-24(2)35(38)41-17-14-31-23-34(40-19-16-37)32(15-18-42-36(39)25(3)4)22-33(31)30-13-12-28-20-27(10-11-29(28)21-30)26-8-6-5-7-9-26/h5-13,20-23,37H,1,3,14-19H2,2,4H3. The second-order valence-corrected chi connectivity index (χ2v) is 10.2. The minimum atomic E-state index is -0.451. The lowest BCUT2D eigenvalue weighted by atomic mass is 9.92. The molecule has 0 radical (unpaired) electrons. The third kappa shape index (κ3) is 7.74. The van der Waals surface area contributed by atoms with Gasteiger partial charge in [0.2, 0.25) is 0 Å². The monoisotopic (exact) mass is 564 g/mol. The van der Waals surface area contributed by atoms with Crippen molar-refractivity contribution in [3.8, 4) is 28.0 Å². The Labute approximate surface area is 246 Å². The van der Waals surface area contributed by atoms with Crippen molar-refractivity contribution in [1.29, 1.82) is 0 Å². The molecule has 0 aliphatic carbocycles. The molecule has 1 N–H and O–H groups in total. The number of aliphatic hydroxyl groups excluding tert-OH is 1. The van der Waals surface area contributed by atoms with E-state index in [2.05, 4.69) is 61.7 Å². The van der Waals surface area contributed by atoms with Crippen LogP contribution in [0.2, 0.25) is 0 Å². The van der Waals surface area contributed by atoms with Gasteiger partial charge in [-0.25, -0.2) is 9.59 Å². The van der Waals surface area contributed by atoms with Gasteiger partial charge in [0.25, 0.3) is 0 Å². The number of hydrogen-bond acceptors (Lipinski definition) is 6. The van der Waals surface area contributed by atoms with E-state index < -0.39 is 11.9 Å². The van der Waals surface area contributed by atoms with Crippen LogP contribution in [0.15, 0.2) is 103 Å². The fraction of sp³-hybridized carbons (Fsp3) is 0.222. The summed E-state index contributed by atoms with van der Waals surface area (Å²) in [6.45, 7) is 10.8. The second-order valence-electron chi connectivity index (χ2n) is 10.2. The van der Waals surface area contributed by atoms with Gasteiger partial charge in [-0.3, -0.25) is 0 Å². The smallest absolute Gasteiger partial charge is 0.333 e. The van der Waals surface area contributed by atoms with Crippen molar-refractivity contribution in [1.82, 2.24) is 0 Å². The Morgan fingerprint density at radius 1 is 0.667 bits per heavy atom. The van der Waals surface area contributed by atoms with Crippen LogP contribution < -0.4 is 4.74 Å². The van der Waals surface area contributed by atoms with Crippen LogP contribution in [-0.2, 0) is 31.9 Å². The zero-order valence-electron chi connectivity index (χ0n) is 24.2. The van der Waals surface area contributed by atoms with Crippen LogP contribution in [0, 0.1) is 0 Å². The highest BCUT2D eigenvalue weighted by atomic mass is 16.5. The van der Waals surface area contributed by atoms with Gasteiger partial charge in [-0.15, -0.1) is 0 Å². The van der Waals surface area contributed by atoms with Crippen LogP contribution in [-0.4, -0.2) is 43.5 Å². The molecule has 4 rings (SSSR count). The Kier molecular flexibility index (Phi) is 10.3. The zero-order valence-corrected chi connectivity index (χ0v) is 24.2. The molecule has 42 heavy (non-hydrogen) atoms. The topological polar surface area (TPSA) is 82.1 Å². The summed E-state index contributed by atoms with van der Waals surface area (Å²) in [6.07, 6.45) is 0.853. The molecule has 0 amide bonds. The molecule has 0 saturated heterocycles. The van der Waals surface area contributed by atoms with Gasteiger partial charge < -0.3 is 19.3 Å². The van der Waals surface area contributed by atoms with Crippen molar-refractivity contribution in [2.45, 2.75) is 26.7 Å². The highest BCUT2D eigenvalue weighted by Gasteiger charge is 2.16. The number of hydrogen-bond donors (Lipinski definition) is 1. The molecule has 0 aliphatic rings. The molecular formula is C36H36O6. The molecule has 6 heteroatoms. The van der Waals surface area contributed by atoms with Crippen molar-refractivity contribution in [2.75, 3.05) is 26.4 Å². The Bertz CT molecular complexity index is 1600. The predicted octanol–water partition coefficient (Wildman–Crippen LogP) is 6.87. The molecule has 6 nitrogen and oxygen atoms in total. The first kappa shape index (κ1) is 30.3. The Balaban J connectivity index is 1.72. The number of aliphatic hydroxyl groups is 1. The summed E-state index contributed by atoms with van der Waals surface area (Å²) in [5.41, 5.74) is 6.66. The quantitative estimate of drug-likeness (QED) is 0.141. The van der Waals surface area contributed by atoms with E-state index >= 15 is 0 Å². The maximum Gasteiger partial charge on any atom is 0.333 e. The number of benzene rings is 4. The molecular weight excluding hydrogens is 528 g/mol. The summed E-state index contributed by atoms with van der Waals surface area (Å²) in [5.74, 6) is -0.314. The van der Waals surface area contributed by atoms with E-state index in [0.717, 1.165) is 44.2 Å². The molecule has 0 fully saturated rings. The molecule has 0 bridgehead atoms. The number of fused-ring (bicyclic) bond motifs is 1. The van der Waals surface area contributed by atoms with Gasteiger partial charge >= 0.3 is 11.9 Å². The Morgan fingerprint density at radius 2 is 1.24 bits per heavy atom. The van der Waals surface area contributed by atoms with Gasteiger partial charge in [0.15, 0.2) is 0 Å². The lowest BCUT2D eigenvalue weighted by molar-refractivity contribution is -0.139. The van der Waals surface area contributed by atoms with Gasteiger partial charge in [0, 0.05) is 24.0 Å². The second kappa shape index (κ2) is 14.3. The first-order valence-electron chi connectivity index (χ1n) is 13.9. The third-order valence-corrected chi connectivity index (χ3v) is 6.80. The summed E-state index contributed by atoms with van der Waals surface area (Å²) in [7, 11) is 0. The van der Waals surface area contributed by atoms with Crippen molar-refractivity contribution in [3.05, 3.63) is 114 Å². The molecule has 216 valence electrons. The first-order valence-corrected chi connectivity index (χ1v) is 13.9. The van der Waals surface area contributed by atoms with Gasteiger partial charge in [-0.05, 0) is 82.3 Å². The predicted molar refractivity (Wildman–Crippen MR) is 166 cm³/mol. The summed E-state index contributed by atoms with van der Waals surface area (Å²) >= 11 is 0. The largest absolute Gasteiger partial charge is 0.491 e. The fourth-order valence-corrected chi connectivity index (χ4v) is 4.60. The number of carbonyl (C=O) groups is 2. The third-order valence-electron chi connectivity index (χ3n) is 6.80. The van der Waals surface area contributed by atoms with E-state index in [4.69, 9.17) is 14.2 Å². The van der Waals surface area contributed by atoms with Gasteiger partial charge in [0.05, 0.1) is 19.8 Å². The molecule has 0 saturated carbocycles. The minimum absolute atomic E-state index is 0.113. The minimum Gasteiger partial charge on any atom is -0.491 e. The van der Waals surface area contributed by atoms with Crippen molar-refractivity contribution < 1.29 is 28.9 Å². The van der Waals surface area contributed by atoms with E-state index in [1.54, 1.807) is 13.8 Å². The molecule has 0 atom stereocenters. The van der Waals surface area contributed by atoms with Gasteiger partial charge in [-0.2, -0.15) is 0 Å². The van der Waals surface area contributed by atoms with Crippen molar-refractivity contribution >= 4 is 22.7 Å². The average Bonchev–Trinajstić information content (AvgIpc) is 3.00. The van der Waals surface area contributed by atoms with Crippen LogP contribution in [0.3, 0.4) is 0 Å². The van der Waals surface area contributed by atoms with Crippen LogP contribution in [0.25, 0.3) is 33.0 Å². The molecule has 0 aliphatic heterocycles. The van der Waals surface area contributed by atoms with E-state index in [-0.39, 0.29) is 26.4 Å². The Hall–Kier alpha value is -4.68. The molecule has 4 aromatic carbocycles. The van der Waals surface area contributed by atoms with E-state index in [9.17, 15) is 14.7 Å². The SMILES string of the molecule is C=C(C)C(=O)OCCc1cc(-c2ccc3cc(-c4ccccc4)ccc3c2)c(CCOC(=O)C(=C)C)cc1OCCO. The zero-order chi connectivity index (χ0) is 30.1. The highest BCUT2D eigenvalue weighted by molar-refractivity contribution is 5.91. The van der Waals surface area contributed by atoms with Crippen LogP contribution in [0.5, 0.6) is 5.75 Å². The van der Waals surface area contributed by atoms with Crippen LogP contribution in [0.4, 0.5) is 0 Å². The molecule has 0 aromatic heterocycles. The molecule has 0 unspecified atom stereocenters. The molecule has 0 spiro atoms. The summed E-state index contributed by atoms with van der Waals surface area (Å²) in [4.78, 5) is 24.0. The van der Waals surface area contributed by atoms with Crippen LogP contribution >= 0.6 is 0 Å². The summed E-state index contributed by atoms with van der Waals surface area (Å²) < 4.78 is 16.6. The lowest BCUT2D eigenvalue weighted by Crippen LogP contribution is -2.11. The summed E-state index contributed by atoms with van der Waals surface area (Å²) in [6, 6.07) is 26.9. The fourth-order valence-electron chi connectivity index (χ4n) is 4.60. The molecule has 0 heterocycles. The maximum absolute atomic E-state index is 12.0. The van der Waals surface area contributed by atoms with Gasteiger partial charge in [-0.1, -0.05) is 67.8 Å². The highest BCUT2D eigenvalue weighted by Crippen LogP contribution is 2.35. The van der Waals surface area contributed by atoms with Gasteiger partial charge in [0.1, 0.15) is 12.4 Å². The lowest BCUT2D eigenvalue weighted by Gasteiger charge is -2.18. The number of ether oxygens (including phenoxy) is 3.